The quantitative estimate of drug-likeness (QED) is 0.751. The highest BCUT2D eigenvalue weighted by molar-refractivity contribution is 5.30. The van der Waals surface area contributed by atoms with Gasteiger partial charge in [0.25, 0.3) is 0 Å². The Kier molecular flexibility index (Phi) is 5.06. The Morgan fingerprint density at radius 1 is 1.39 bits per heavy atom. The number of rotatable bonds is 8. The first-order chi connectivity index (χ1) is 8.83. The first kappa shape index (κ1) is 13.4. The summed E-state index contributed by atoms with van der Waals surface area (Å²) in [6.07, 6.45) is 6.53. The molecule has 0 bridgehead atoms. The largest absolute Gasteiger partial charge is 0.494 e. The summed E-state index contributed by atoms with van der Waals surface area (Å²) in [7, 11) is 2.05. The Balaban J connectivity index is 1.94. The van der Waals surface area contributed by atoms with Crippen LogP contribution in [-0.2, 0) is 0 Å². The van der Waals surface area contributed by atoms with Crippen LogP contribution in [0.4, 0.5) is 0 Å². The first-order valence-electron chi connectivity index (χ1n) is 7.23. The van der Waals surface area contributed by atoms with Gasteiger partial charge in [0.15, 0.2) is 0 Å². The summed E-state index contributed by atoms with van der Waals surface area (Å²) < 4.78 is 5.70. The number of benzene rings is 1. The van der Waals surface area contributed by atoms with E-state index < -0.39 is 0 Å². The Labute approximate surface area is 111 Å². The third kappa shape index (κ3) is 4.02. The minimum atomic E-state index is 0.468. The van der Waals surface area contributed by atoms with Crippen molar-refractivity contribution in [2.45, 2.75) is 45.1 Å². The molecule has 2 rings (SSSR count). The smallest absolute Gasteiger partial charge is 0.119 e. The van der Waals surface area contributed by atoms with E-state index in [0.29, 0.717) is 6.04 Å². The number of hydrogen-bond acceptors (Lipinski definition) is 2. The van der Waals surface area contributed by atoms with Crippen LogP contribution in [0.3, 0.4) is 0 Å². The van der Waals surface area contributed by atoms with Gasteiger partial charge in [-0.05, 0) is 49.9 Å². The van der Waals surface area contributed by atoms with Gasteiger partial charge in [-0.1, -0.05) is 31.9 Å². The lowest BCUT2D eigenvalue weighted by atomic mass is 10.0. The number of nitrogens with one attached hydrogen (secondary N) is 1. The highest BCUT2D eigenvalue weighted by Crippen LogP contribution is 2.36. The molecule has 0 aliphatic heterocycles. The van der Waals surface area contributed by atoms with Gasteiger partial charge in [0.05, 0.1) is 6.61 Å². The molecule has 100 valence electrons. The minimum Gasteiger partial charge on any atom is -0.494 e. The maximum atomic E-state index is 5.70. The Morgan fingerprint density at radius 2 is 2.22 bits per heavy atom. The zero-order valence-electron chi connectivity index (χ0n) is 11.6. The highest BCUT2D eigenvalue weighted by Gasteiger charge is 2.22. The van der Waals surface area contributed by atoms with Crippen molar-refractivity contribution < 1.29 is 4.74 Å². The molecule has 2 heteroatoms. The molecule has 1 atom stereocenters. The van der Waals surface area contributed by atoms with Crippen molar-refractivity contribution in [3.63, 3.8) is 0 Å². The molecule has 1 aromatic carbocycles. The van der Waals surface area contributed by atoms with E-state index in [-0.39, 0.29) is 0 Å². The van der Waals surface area contributed by atoms with Gasteiger partial charge in [0, 0.05) is 6.04 Å². The zero-order valence-corrected chi connectivity index (χ0v) is 11.6. The predicted molar refractivity (Wildman–Crippen MR) is 76.0 cm³/mol. The fourth-order valence-electron chi connectivity index (χ4n) is 2.33. The second-order valence-electron chi connectivity index (χ2n) is 5.28. The first-order valence-corrected chi connectivity index (χ1v) is 7.23. The number of ether oxygens (including phenoxy) is 1. The summed E-state index contributed by atoms with van der Waals surface area (Å²) in [6, 6.07) is 9.00. The average Bonchev–Trinajstić information content (AvgIpc) is 3.22. The summed E-state index contributed by atoms with van der Waals surface area (Å²) in [5.41, 5.74) is 1.35. The summed E-state index contributed by atoms with van der Waals surface area (Å²) in [4.78, 5) is 0. The van der Waals surface area contributed by atoms with Crippen LogP contribution >= 0.6 is 0 Å². The van der Waals surface area contributed by atoms with Crippen LogP contribution in [0.1, 0.15) is 50.6 Å². The topological polar surface area (TPSA) is 21.3 Å². The monoisotopic (exact) mass is 247 g/mol. The maximum absolute atomic E-state index is 5.70. The molecule has 0 radical (unpaired) electrons. The van der Waals surface area contributed by atoms with Gasteiger partial charge in [-0.15, -0.1) is 0 Å². The molecule has 18 heavy (non-hydrogen) atoms. The van der Waals surface area contributed by atoms with E-state index in [2.05, 4.69) is 37.5 Å². The SMILES string of the molecule is CCCOc1cccc(C(CCC2CC2)NC)c1. The van der Waals surface area contributed by atoms with E-state index in [9.17, 15) is 0 Å². The van der Waals surface area contributed by atoms with Crippen molar-refractivity contribution in [3.05, 3.63) is 29.8 Å². The maximum Gasteiger partial charge on any atom is 0.119 e. The average molecular weight is 247 g/mol. The summed E-state index contributed by atoms with van der Waals surface area (Å²) in [5.74, 6) is 2.00. The van der Waals surface area contributed by atoms with Crippen molar-refractivity contribution >= 4 is 0 Å². The van der Waals surface area contributed by atoms with Gasteiger partial charge in [0.2, 0.25) is 0 Å². The van der Waals surface area contributed by atoms with Crippen molar-refractivity contribution in [2.75, 3.05) is 13.7 Å². The van der Waals surface area contributed by atoms with Gasteiger partial charge in [-0.25, -0.2) is 0 Å². The van der Waals surface area contributed by atoms with E-state index in [1.165, 1.54) is 31.2 Å². The lowest BCUT2D eigenvalue weighted by Gasteiger charge is -2.17. The lowest BCUT2D eigenvalue weighted by Crippen LogP contribution is -2.16. The lowest BCUT2D eigenvalue weighted by molar-refractivity contribution is 0.316. The second kappa shape index (κ2) is 6.79. The summed E-state index contributed by atoms with van der Waals surface area (Å²) in [5, 5.41) is 3.43. The van der Waals surface area contributed by atoms with Crippen molar-refractivity contribution in [2.24, 2.45) is 5.92 Å². The van der Waals surface area contributed by atoms with Crippen LogP contribution in [0.15, 0.2) is 24.3 Å². The third-order valence-electron chi connectivity index (χ3n) is 3.64. The molecule has 1 N–H and O–H groups in total. The zero-order chi connectivity index (χ0) is 12.8. The minimum absolute atomic E-state index is 0.468. The van der Waals surface area contributed by atoms with Gasteiger partial charge in [-0.2, -0.15) is 0 Å². The summed E-state index contributed by atoms with van der Waals surface area (Å²) in [6.45, 7) is 2.94. The molecule has 0 spiro atoms. The molecule has 1 aromatic rings. The van der Waals surface area contributed by atoms with E-state index in [1.54, 1.807) is 0 Å². The third-order valence-corrected chi connectivity index (χ3v) is 3.64. The van der Waals surface area contributed by atoms with E-state index >= 15 is 0 Å². The van der Waals surface area contributed by atoms with Crippen molar-refractivity contribution in [1.29, 1.82) is 0 Å². The van der Waals surface area contributed by atoms with Crippen LogP contribution in [0, 0.1) is 5.92 Å². The van der Waals surface area contributed by atoms with Gasteiger partial charge in [0.1, 0.15) is 5.75 Å². The van der Waals surface area contributed by atoms with Crippen LogP contribution in [0.2, 0.25) is 0 Å². The molecule has 1 unspecified atom stereocenters. The van der Waals surface area contributed by atoms with E-state index in [0.717, 1.165) is 24.7 Å². The van der Waals surface area contributed by atoms with Crippen LogP contribution in [-0.4, -0.2) is 13.7 Å². The highest BCUT2D eigenvalue weighted by atomic mass is 16.5. The molecule has 0 saturated heterocycles. The Bertz CT molecular complexity index is 360. The fraction of sp³-hybridized carbons (Fsp3) is 0.625. The molecular formula is C16H25NO. The molecule has 0 aromatic heterocycles. The van der Waals surface area contributed by atoms with Crippen molar-refractivity contribution in [1.82, 2.24) is 5.32 Å². The Morgan fingerprint density at radius 3 is 2.89 bits per heavy atom. The molecular weight excluding hydrogens is 222 g/mol. The normalized spacial score (nSPS) is 16.6. The molecule has 2 nitrogen and oxygen atoms in total. The predicted octanol–water partition coefficient (Wildman–Crippen LogP) is 3.93. The van der Waals surface area contributed by atoms with E-state index in [4.69, 9.17) is 4.74 Å². The molecule has 0 heterocycles. The second-order valence-corrected chi connectivity index (χ2v) is 5.28. The van der Waals surface area contributed by atoms with E-state index in [1.807, 2.05) is 6.07 Å². The van der Waals surface area contributed by atoms with Crippen molar-refractivity contribution in [3.8, 4) is 5.75 Å². The Hall–Kier alpha value is -1.02. The fourth-order valence-corrected chi connectivity index (χ4v) is 2.33. The number of hydrogen-bond donors (Lipinski definition) is 1. The summed E-state index contributed by atoms with van der Waals surface area (Å²) >= 11 is 0. The molecule has 1 aliphatic carbocycles. The molecule has 1 saturated carbocycles. The molecule has 1 fully saturated rings. The van der Waals surface area contributed by atoms with Crippen LogP contribution in [0.25, 0.3) is 0 Å². The van der Waals surface area contributed by atoms with Crippen LogP contribution in [0.5, 0.6) is 5.75 Å². The van der Waals surface area contributed by atoms with Gasteiger partial charge < -0.3 is 10.1 Å². The van der Waals surface area contributed by atoms with Gasteiger partial charge >= 0.3 is 0 Å². The molecule has 0 amide bonds. The molecule has 1 aliphatic rings. The standard InChI is InChI=1S/C16H25NO/c1-3-11-18-15-6-4-5-14(12-15)16(17-2)10-9-13-7-8-13/h4-6,12-13,16-17H,3,7-11H2,1-2H3. The van der Waals surface area contributed by atoms with Gasteiger partial charge in [-0.3, -0.25) is 0 Å². The van der Waals surface area contributed by atoms with Crippen LogP contribution < -0.4 is 10.1 Å².